The van der Waals surface area contributed by atoms with E-state index in [0.717, 1.165) is 34.7 Å². The maximum atomic E-state index is 6.18. The van der Waals surface area contributed by atoms with Crippen molar-refractivity contribution in [3.63, 3.8) is 0 Å². The van der Waals surface area contributed by atoms with Gasteiger partial charge in [0.1, 0.15) is 11.5 Å². The monoisotopic (exact) mass is 309 g/mol. The number of fused-ring (bicyclic) bond motifs is 2. The minimum atomic E-state index is 0.593. The Morgan fingerprint density at radius 1 is 1.18 bits per heavy atom. The van der Waals surface area contributed by atoms with Crippen molar-refractivity contribution >= 4 is 23.3 Å². The Hall–Kier alpha value is -2.21. The molecule has 110 valence electrons. The van der Waals surface area contributed by atoms with Crippen LogP contribution in [-0.2, 0) is 0 Å². The van der Waals surface area contributed by atoms with Crippen LogP contribution >= 0.6 is 11.6 Å². The van der Waals surface area contributed by atoms with Gasteiger partial charge in [-0.2, -0.15) is 0 Å². The molecule has 0 spiro atoms. The predicted octanol–water partition coefficient (Wildman–Crippen LogP) is 4.55. The highest BCUT2D eigenvalue weighted by atomic mass is 35.5. The smallest absolute Gasteiger partial charge is 0.135 e. The van der Waals surface area contributed by atoms with E-state index >= 15 is 0 Å². The third-order valence-electron chi connectivity index (χ3n) is 3.56. The van der Waals surface area contributed by atoms with Gasteiger partial charge in [-0.1, -0.05) is 35.7 Å². The molecule has 0 saturated heterocycles. The summed E-state index contributed by atoms with van der Waals surface area (Å²) in [6, 6.07) is 13.7. The lowest BCUT2D eigenvalue weighted by molar-refractivity contribution is 0.425. The molecule has 0 fully saturated rings. The molecule has 1 heterocycles. The van der Waals surface area contributed by atoms with E-state index in [2.05, 4.69) is 16.9 Å². The number of hydrogen-bond donors (Lipinski definition) is 0. The van der Waals surface area contributed by atoms with Crippen molar-refractivity contribution in [2.75, 3.05) is 20.1 Å². The van der Waals surface area contributed by atoms with Gasteiger partial charge in [-0.05, 0) is 43.0 Å². The van der Waals surface area contributed by atoms with Gasteiger partial charge in [0, 0.05) is 22.7 Å². The molecule has 1 aliphatic heterocycles. The number of likely N-dealkylation sites (N-methyl/N-ethyl adjacent to an activating group) is 1. The number of benzene rings is 2. The van der Waals surface area contributed by atoms with Gasteiger partial charge in [-0.3, -0.25) is 4.90 Å². The van der Waals surface area contributed by atoms with Gasteiger partial charge in [0.15, 0.2) is 0 Å². The molecular formula is C19H16ClNO. The fourth-order valence-corrected chi connectivity index (χ4v) is 2.72. The largest absolute Gasteiger partial charge is 0.456 e. The van der Waals surface area contributed by atoms with Gasteiger partial charge >= 0.3 is 0 Å². The molecule has 3 rings (SSSR count). The average molecular weight is 310 g/mol. The van der Waals surface area contributed by atoms with E-state index in [1.807, 2.05) is 49.5 Å². The predicted molar refractivity (Wildman–Crippen MR) is 92.2 cm³/mol. The zero-order valence-corrected chi connectivity index (χ0v) is 13.1. The number of ether oxygens (including phenoxy) is 1. The van der Waals surface area contributed by atoms with Crippen LogP contribution in [0.2, 0.25) is 5.02 Å². The maximum absolute atomic E-state index is 6.18. The van der Waals surface area contributed by atoms with Crippen LogP contribution in [0.3, 0.4) is 0 Å². The number of terminal acetylenes is 1. The van der Waals surface area contributed by atoms with Gasteiger partial charge in [0.05, 0.1) is 6.54 Å². The number of para-hydroxylation sites is 1. The normalized spacial score (nSPS) is 12.5. The molecule has 2 nitrogen and oxygen atoms in total. The number of rotatable bonds is 3. The highest BCUT2D eigenvalue weighted by molar-refractivity contribution is 6.30. The molecule has 3 heteroatoms. The van der Waals surface area contributed by atoms with E-state index in [1.54, 1.807) is 0 Å². The van der Waals surface area contributed by atoms with Crippen LogP contribution in [0.4, 0.5) is 0 Å². The van der Waals surface area contributed by atoms with Crippen LogP contribution in [0.25, 0.3) is 11.6 Å². The topological polar surface area (TPSA) is 12.5 Å². The van der Waals surface area contributed by atoms with E-state index in [-0.39, 0.29) is 0 Å². The Bertz CT molecular complexity index is 773. The van der Waals surface area contributed by atoms with Crippen molar-refractivity contribution in [1.29, 1.82) is 0 Å². The summed E-state index contributed by atoms with van der Waals surface area (Å²) in [4.78, 5) is 2.09. The fraction of sp³-hybridized carbons (Fsp3) is 0.158. The van der Waals surface area contributed by atoms with Crippen LogP contribution in [0, 0.1) is 12.3 Å². The van der Waals surface area contributed by atoms with E-state index < -0.39 is 0 Å². The SMILES string of the molecule is C#CCN(C)CC1=Cc2ccccc2Oc2ccc(Cl)cc21. The van der Waals surface area contributed by atoms with E-state index in [1.165, 1.54) is 0 Å². The highest BCUT2D eigenvalue weighted by Gasteiger charge is 2.17. The summed E-state index contributed by atoms with van der Waals surface area (Å²) in [5.74, 6) is 4.33. The summed E-state index contributed by atoms with van der Waals surface area (Å²) in [7, 11) is 2.00. The molecule has 2 aromatic carbocycles. The third-order valence-corrected chi connectivity index (χ3v) is 3.79. The molecule has 2 aromatic rings. The Labute approximate surface area is 136 Å². The van der Waals surface area contributed by atoms with Crippen LogP contribution in [-0.4, -0.2) is 25.0 Å². The Morgan fingerprint density at radius 3 is 2.82 bits per heavy atom. The lowest BCUT2D eigenvalue weighted by atomic mass is 10.0. The molecule has 0 unspecified atom stereocenters. The summed E-state index contributed by atoms with van der Waals surface area (Å²) in [5.41, 5.74) is 3.20. The highest BCUT2D eigenvalue weighted by Crippen LogP contribution is 2.39. The molecule has 22 heavy (non-hydrogen) atoms. The van der Waals surface area contributed by atoms with E-state index in [4.69, 9.17) is 22.8 Å². The number of halogens is 1. The molecule has 0 aromatic heterocycles. The molecular weight excluding hydrogens is 294 g/mol. The molecule has 0 N–H and O–H groups in total. The second kappa shape index (κ2) is 6.27. The van der Waals surface area contributed by atoms with Crippen LogP contribution < -0.4 is 4.74 Å². The summed E-state index contributed by atoms with van der Waals surface area (Å²) in [6.07, 6.45) is 7.55. The first-order valence-corrected chi connectivity index (χ1v) is 7.44. The molecule has 0 atom stereocenters. The minimum absolute atomic E-state index is 0.593. The Balaban J connectivity index is 2.10. The second-order valence-corrected chi connectivity index (χ2v) is 5.76. The van der Waals surface area contributed by atoms with Gasteiger partial charge in [-0.15, -0.1) is 6.42 Å². The van der Waals surface area contributed by atoms with Crippen molar-refractivity contribution < 1.29 is 4.74 Å². The fourth-order valence-electron chi connectivity index (χ4n) is 2.55. The van der Waals surface area contributed by atoms with Crippen molar-refractivity contribution in [2.24, 2.45) is 0 Å². The lowest BCUT2D eigenvalue weighted by Gasteiger charge is -2.17. The molecule has 0 amide bonds. The van der Waals surface area contributed by atoms with Crippen molar-refractivity contribution in [3.8, 4) is 23.8 Å². The van der Waals surface area contributed by atoms with Crippen molar-refractivity contribution in [2.45, 2.75) is 0 Å². The first-order valence-electron chi connectivity index (χ1n) is 7.07. The first-order chi connectivity index (χ1) is 10.7. The van der Waals surface area contributed by atoms with Crippen molar-refractivity contribution in [3.05, 3.63) is 58.6 Å². The van der Waals surface area contributed by atoms with Crippen LogP contribution in [0.5, 0.6) is 11.5 Å². The summed E-state index contributed by atoms with van der Waals surface area (Å²) < 4.78 is 6.06. The molecule has 0 aliphatic carbocycles. The number of hydrogen-bond acceptors (Lipinski definition) is 2. The Kier molecular flexibility index (Phi) is 4.20. The van der Waals surface area contributed by atoms with Crippen LogP contribution in [0.15, 0.2) is 42.5 Å². The number of nitrogens with zero attached hydrogens (tertiary/aromatic N) is 1. The van der Waals surface area contributed by atoms with Gasteiger partial charge in [-0.25, -0.2) is 0 Å². The Morgan fingerprint density at radius 2 is 2.00 bits per heavy atom. The molecule has 0 bridgehead atoms. The van der Waals surface area contributed by atoms with Gasteiger partial charge < -0.3 is 4.74 Å². The van der Waals surface area contributed by atoms with Gasteiger partial charge in [0.2, 0.25) is 0 Å². The average Bonchev–Trinajstić information content (AvgIpc) is 2.64. The summed E-state index contributed by atoms with van der Waals surface area (Å²) in [6.45, 7) is 1.32. The first kappa shape index (κ1) is 14.7. The van der Waals surface area contributed by atoms with Crippen molar-refractivity contribution in [1.82, 2.24) is 4.90 Å². The standard InChI is InChI=1S/C19H16ClNO/c1-3-10-21(2)13-15-11-14-6-4-5-7-18(14)22-19-9-8-16(20)12-17(15)19/h1,4-9,11-12H,10,13H2,2H3. The molecule has 0 saturated carbocycles. The van der Waals surface area contributed by atoms with E-state index in [0.29, 0.717) is 11.6 Å². The molecule has 1 aliphatic rings. The van der Waals surface area contributed by atoms with Crippen LogP contribution in [0.1, 0.15) is 11.1 Å². The van der Waals surface area contributed by atoms with Gasteiger partial charge in [0.25, 0.3) is 0 Å². The molecule has 0 radical (unpaired) electrons. The third kappa shape index (κ3) is 3.01. The second-order valence-electron chi connectivity index (χ2n) is 5.33. The lowest BCUT2D eigenvalue weighted by Crippen LogP contribution is -2.20. The zero-order chi connectivity index (χ0) is 15.5. The summed E-state index contributed by atoms with van der Waals surface area (Å²) >= 11 is 6.18. The quantitative estimate of drug-likeness (QED) is 0.771. The minimum Gasteiger partial charge on any atom is -0.456 e. The summed E-state index contributed by atoms with van der Waals surface area (Å²) in [5, 5.41) is 0.693. The maximum Gasteiger partial charge on any atom is 0.135 e. The van der Waals surface area contributed by atoms with E-state index in [9.17, 15) is 0 Å². The zero-order valence-electron chi connectivity index (χ0n) is 12.3.